The Hall–Kier alpha value is -2.49. The summed E-state index contributed by atoms with van der Waals surface area (Å²) in [6.07, 6.45) is 0.629. The molecule has 2 unspecified atom stereocenters. The van der Waals surface area contributed by atoms with E-state index in [-0.39, 0.29) is 35.8 Å². The average molecular weight is 475 g/mol. The van der Waals surface area contributed by atoms with Crippen LogP contribution in [0.4, 0.5) is 4.79 Å². The van der Waals surface area contributed by atoms with Crippen LogP contribution in [-0.4, -0.2) is 99.3 Å². The van der Waals surface area contributed by atoms with Gasteiger partial charge in [0.2, 0.25) is 5.91 Å². The van der Waals surface area contributed by atoms with Crippen LogP contribution < -0.4 is 10.6 Å². The summed E-state index contributed by atoms with van der Waals surface area (Å²) in [4.78, 5) is 42.6. The summed E-state index contributed by atoms with van der Waals surface area (Å²) >= 11 is 0. The fourth-order valence-corrected chi connectivity index (χ4v) is 4.38. The Kier molecular flexibility index (Phi) is 9.04. The van der Waals surface area contributed by atoms with Crippen LogP contribution in [0.25, 0.3) is 0 Å². The van der Waals surface area contributed by atoms with Gasteiger partial charge < -0.3 is 29.9 Å². The quantitative estimate of drug-likeness (QED) is 0.557. The number of hydrogen-bond acceptors (Lipinski definition) is 6. The number of carbonyl (C=O) groups is 3. The Morgan fingerprint density at radius 1 is 1.18 bits per heavy atom. The van der Waals surface area contributed by atoms with Crippen molar-refractivity contribution in [3.8, 4) is 0 Å². The maximum absolute atomic E-state index is 13.5. The van der Waals surface area contributed by atoms with E-state index in [9.17, 15) is 14.4 Å². The van der Waals surface area contributed by atoms with Crippen LogP contribution in [0.2, 0.25) is 0 Å². The Morgan fingerprint density at radius 2 is 1.85 bits per heavy atom. The third kappa shape index (κ3) is 7.01. The van der Waals surface area contributed by atoms with Crippen molar-refractivity contribution in [2.75, 3.05) is 53.6 Å². The second-order valence-corrected chi connectivity index (χ2v) is 9.95. The highest BCUT2D eigenvalue weighted by Gasteiger charge is 2.39. The first-order chi connectivity index (χ1) is 16.2. The van der Waals surface area contributed by atoms with Gasteiger partial charge in [-0.15, -0.1) is 0 Å². The summed E-state index contributed by atoms with van der Waals surface area (Å²) in [7, 11) is 3.90. The fourth-order valence-electron chi connectivity index (χ4n) is 4.38. The predicted octanol–water partition coefficient (Wildman–Crippen LogP) is 1.17. The fraction of sp³-hybridized carbons (Fsp3) is 0.640. The van der Waals surface area contributed by atoms with Crippen molar-refractivity contribution in [3.05, 3.63) is 35.9 Å². The molecule has 2 fully saturated rings. The molecule has 3 atom stereocenters. The molecule has 0 saturated carbocycles. The SMILES string of the molecule is CN(C)CCC1OCC(=O)C1NC(=O)[C@H](CC(C)(C)c1ccccc1)NC(=O)N1CCOCC1. The highest BCUT2D eigenvalue weighted by atomic mass is 16.5. The highest BCUT2D eigenvalue weighted by molar-refractivity contribution is 5.94. The van der Waals surface area contributed by atoms with E-state index in [2.05, 4.69) is 10.6 Å². The lowest BCUT2D eigenvalue weighted by Gasteiger charge is -2.33. The third-order valence-electron chi connectivity index (χ3n) is 6.50. The van der Waals surface area contributed by atoms with Gasteiger partial charge in [-0.2, -0.15) is 0 Å². The summed E-state index contributed by atoms with van der Waals surface area (Å²) in [5, 5.41) is 5.82. The first kappa shape index (κ1) is 26.1. The second kappa shape index (κ2) is 11.8. The lowest BCUT2D eigenvalue weighted by molar-refractivity contribution is -0.128. The van der Waals surface area contributed by atoms with Gasteiger partial charge in [-0.25, -0.2) is 4.79 Å². The van der Waals surface area contributed by atoms with Crippen LogP contribution in [0.3, 0.4) is 0 Å². The molecule has 3 amide bonds. The van der Waals surface area contributed by atoms with Crippen LogP contribution in [0, 0.1) is 0 Å². The van der Waals surface area contributed by atoms with Crippen LogP contribution >= 0.6 is 0 Å². The molecule has 1 aromatic carbocycles. The molecule has 1 aromatic rings. The number of carbonyl (C=O) groups excluding carboxylic acids is 3. The molecule has 2 heterocycles. The van der Waals surface area contributed by atoms with Crippen LogP contribution in [0.5, 0.6) is 0 Å². The first-order valence-corrected chi connectivity index (χ1v) is 12.0. The van der Waals surface area contributed by atoms with Gasteiger partial charge in [-0.05, 0) is 37.9 Å². The summed E-state index contributed by atoms with van der Waals surface area (Å²) in [5.41, 5.74) is 0.680. The van der Waals surface area contributed by atoms with Gasteiger partial charge in [0.1, 0.15) is 18.7 Å². The topological polar surface area (TPSA) is 100 Å². The van der Waals surface area contributed by atoms with Crippen molar-refractivity contribution in [3.63, 3.8) is 0 Å². The predicted molar refractivity (Wildman–Crippen MR) is 129 cm³/mol. The van der Waals surface area contributed by atoms with Crippen molar-refractivity contribution in [1.29, 1.82) is 0 Å². The van der Waals surface area contributed by atoms with E-state index >= 15 is 0 Å². The molecular formula is C25H38N4O5. The molecule has 34 heavy (non-hydrogen) atoms. The van der Waals surface area contributed by atoms with E-state index in [1.54, 1.807) is 4.90 Å². The number of morpholine rings is 1. The van der Waals surface area contributed by atoms with Gasteiger partial charge in [0, 0.05) is 19.6 Å². The number of hydrogen-bond donors (Lipinski definition) is 2. The second-order valence-electron chi connectivity index (χ2n) is 9.95. The molecule has 9 heteroatoms. The molecule has 2 saturated heterocycles. The van der Waals surface area contributed by atoms with Gasteiger partial charge in [0.25, 0.3) is 0 Å². The van der Waals surface area contributed by atoms with Crippen molar-refractivity contribution in [2.24, 2.45) is 0 Å². The molecule has 0 aliphatic carbocycles. The van der Waals surface area contributed by atoms with E-state index < -0.39 is 12.1 Å². The molecule has 2 aliphatic rings. The summed E-state index contributed by atoms with van der Waals surface area (Å²) in [5.74, 6) is -0.512. The number of ketones is 1. The molecule has 3 rings (SSSR count). The van der Waals surface area contributed by atoms with Crippen molar-refractivity contribution < 1.29 is 23.9 Å². The average Bonchev–Trinajstić information content (AvgIpc) is 3.17. The van der Waals surface area contributed by atoms with Crippen molar-refractivity contribution in [1.82, 2.24) is 20.4 Å². The lowest BCUT2D eigenvalue weighted by atomic mass is 9.79. The Labute approximate surface area is 202 Å². The van der Waals surface area contributed by atoms with Gasteiger partial charge >= 0.3 is 6.03 Å². The lowest BCUT2D eigenvalue weighted by Crippen LogP contribution is -2.57. The number of Topliss-reactive ketones (excluding diaryl/α,β-unsaturated/α-hetero) is 1. The maximum Gasteiger partial charge on any atom is 0.318 e. The molecule has 0 bridgehead atoms. The van der Waals surface area contributed by atoms with E-state index in [1.165, 1.54) is 0 Å². The molecule has 2 N–H and O–H groups in total. The molecule has 188 valence electrons. The summed E-state index contributed by atoms with van der Waals surface area (Å²) < 4.78 is 11.0. The van der Waals surface area contributed by atoms with Gasteiger partial charge in [-0.3, -0.25) is 9.59 Å². The summed E-state index contributed by atoms with van der Waals surface area (Å²) in [6, 6.07) is 8.08. The van der Waals surface area contributed by atoms with Crippen LogP contribution in [0.15, 0.2) is 30.3 Å². The zero-order chi connectivity index (χ0) is 24.7. The third-order valence-corrected chi connectivity index (χ3v) is 6.50. The number of nitrogens with one attached hydrogen (secondary N) is 2. The standard InChI is InChI=1S/C25H38N4O5/c1-25(2,18-8-6-5-7-9-18)16-19(26-24(32)29-12-14-33-15-13-29)23(31)27-22-20(30)17-34-21(22)10-11-28(3)4/h5-9,19,21-22H,10-17H2,1-4H3,(H,26,32)(H,27,31)/t19-,21?,22?/m0/s1. The number of nitrogens with zero attached hydrogens (tertiary/aromatic N) is 2. The number of amides is 3. The largest absolute Gasteiger partial charge is 0.378 e. The summed E-state index contributed by atoms with van der Waals surface area (Å²) in [6.45, 7) is 6.72. The zero-order valence-corrected chi connectivity index (χ0v) is 20.7. The van der Waals surface area contributed by atoms with Crippen LogP contribution in [-0.2, 0) is 24.5 Å². The van der Waals surface area contributed by atoms with E-state index in [4.69, 9.17) is 9.47 Å². The zero-order valence-electron chi connectivity index (χ0n) is 20.7. The van der Waals surface area contributed by atoms with Gasteiger partial charge in [0.05, 0.1) is 19.3 Å². The molecule has 0 spiro atoms. The first-order valence-electron chi connectivity index (χ1n) is 12.0. The van der Waals surface area contributed by atoms with E-state index in [1.807, 2.05) is 63.2 Å². The smallest absolute Gasteiger partial charge is 0.318 e. The van der Waals surface area contributed by atoms with Gasteiger partial charge in [0.15, 0.2) is 5.78 Å². The van der Waals surface area contributed by atoms with E-state index in [0.29, 0.717) is 39.1 Å². The Morgan fingerprint density at radius 3 is 2.50 bits per heavy atom. The minimum atomic E-state index is -0.812. The molecular weight excluding hydrogens is 436 g/mol. The minimum absolute atomic E-state index is 0.0106. The van der Waals surface area contributed by atoms with Gasteiger partial charge in [-0.1, -0.05) is 44.2 Å². The highest BCUT2D eigenvalue weighted by Crippen LogP contribution is 2.28. The normalized spacial score (nSPS) is 22.0. The molecule has 9 nitrogen and oxygen atoms in total. The number of urea groups is 1. The number of ether oxygens (including phenoxy) is 2. The monoisotopic (exact) mass is 474 g/mol. The van der Waals surface area contributed by atoms with E-state index in [0.717, 1.165) is 12.1 Å². The Bertz CT molecular complexity index is 839. The minimum Gasteiger partial charge on any atom is -0.378 e. The molecule has 0 aromatic heterocycles. The van der Waals surface area contributed by atoms with Crippen LogP contribution in [0.1, 0.15) is 32.3 Å². The maximum atomic E-state index is 13.5. The molecule has 2 aliphatic heterocycles. The van der Waals surface area contributed by atoms with Crippen molar-refractivity contribution >= 4 is 17.7 Å². The Balaban J connectivity index is 1.75. The molecule has 0 radical (unpaired) electrons. The number of rotatable bonds is 9. The van der Waals surface area contributed by atoms with Crippen molar-refractivity contribution in [2.45, 2.75) is 50.3 Å². The number of benzene rings is 1.